The first-order chi connectivity index (χ1) is 14.7. The van der Waals surface area contributed by atoms with E-state index in [0.29, 0.717) is 28.7 Å². The lowest BCUT2D eigenvalue weighted by Gasteiger charge is -2.21. The minimum atomic E-state index is -0.275. The van der Waals surface area contributed by atoms with Gasteiger partial charge in [-0.1, -0.05) is 0 Å². The van der Waals surface area contributed by atoms with Crippen molar-refractivity contribution in [1.82, 2.24) is 10.3 Å². The highest BCUT2D eigenvalue weighted by molar-refractivity contribution is 7.16. The Labute approximate surface area is 177 Å². The Hall–Kier alpha value is -2.65. The van der Waals surface area contributed by atoms with Crippen LogP contribution in [0.2, 0.25) is 0 Å². The van der Waals surface area contributed by atoms with Gasteiger partial charge in [0.15, 0.2) is 16.6 Å². The summed E-state index contributed by atoms with van der Waals surface area (Å²) in [4.78, 5) is 31.1. The zero-order chi connectivity index (χ0) is 20.5. The maximum absolute atomic E-state index is 12.8. The first kappa shape index (κ1) is 19.3. The Balaban J connectivity index is 1.26. The summed E-state index contributed by atoms with van der Waals surface area (Å²) in [5, 5.41) is 6.40. The lowest BCUT2D eigenvalue weighted by atomic mass is 9.90. The number of thiazole rings is 1. The van der Waals surface area contributed by atoms with Crippen molar-refractivity contribution in [2.45, 2.75) is 44.1 Å². The summed E-state index contributed by atoms with van der Waals surface area (Å²) in [6.07, 6.45) is 4.73. The van der Waals surface area contributed by atoms with E-state index in [9.17, 15) is 9.59 Å². The number of carbonyl (C=O) groups is 2. The third kappa shape index (κ3) is 3.87. The molecule has 0 bridgehead atoms. The molecular formula is C21H23N3O5S. The number of ether oxygens (including phenoxy) is 3. The molecule has 3 heterocycles. The van der Waals surface area contributed by atoms with E-state index in [1.807, 2.05) is 0 Å². The first-order valence-electron chi connectivity index (χ1n) is 10.3. The van der Waals surface area contributed by atoms with Crippen LogP contribution in [0.1, 0.15) is 52.5 Å². The number of aryl methyl sites for hydroxylation is 1. The number of hydrogen-bond acceptors (Lipinski definition) is 7. The van der Waals surface area contributed by atoms with E-state index in [1.165, 1.54) is 11.3 Å². The smallest absolute Gasteiger partial charge is 0.257 e. The summed E-state index contributed by atoms with van der Waals surface area (Å²) in [5.41, 5.74) is 1.26. The van der Waals surface area contributed by atoms with Crippen LogP contribution < -0.4 is 20.1 Å². The maximum Gasteiger partial charge on any atom is 0.257 e. The molecule has 0 saturated carbocycles. The minimum absolute atomic E-state index is 0.00889. The highest BCUT2D eigenvalue weighted by atomic mass is 32.1. The fraction of sp³-hybridized carbons (Fsp3) is 0.476. The molecule has 2 N–H and O–H groups in total. The Morgan fingerprint density at radius 1 is 1.17 bits per heavy atom. The average molecular weight is 429 g/mol. The van der Waals surface area contributed by atoms with Gasteiger partial charge in [-0.25, -0.2) is 4.98 Å². The summed E-state index contributed by atoms with van der Waals surface area (Å²) in [6, 6.07) is 5.07. The predicted molar refractivity (Wildman–Crippen MR) is 110 cm³/mol. The number of nitrogens with zero attached hydrogens (tertiary/aromatic N) is 1. The first-order valence-corrected chi connectivity index (χ1v) is 11.1. The molecule has 1 aliphatic carbocycles. The van der Waals surface area contributed by atoms with Crippen LogP contribution in [0, 0.1) is 0 Å². The van der Waals surface area contributed by atoms with E-state index in [4.69, 9.17) is 14.2 Å². The molecule has 8 nitrogen and oxygen atoms in total. The normalized spacial score (nSPS) is 21.9. The number of hydrogen-bond donors (Lipinski definition) is 2. The molecule has 1 fully saturated rings. The van der Waals surface area contributed by atoms with Gasteiger partial charge in [-0.3, -0.25) is 14.9 Å². The number of aromatic nitrogens is 1. The van der Waals surface area contributed by atoms with Crippen LogP contribution in [-0.4, -0.2) is 42.8 Å². The number of anilines is 1. The summed E-state index contributed by atoms with van der Waals surface area (Å²) >= 11 is 1.44. The van der Waals surface area contributed by atoms with Crippen LogP contribution in [0.4, 0.5) is 5.13 Å². The van der Waals surface area contributed by atoms with Crippen LogP contribution in [0.3, 0.4) is 0 Å². The van der Waals surface area contributed by atoms with Gasteiger partial charge in [0.1, 0.15) is 0 Å². The van der Waals surface area contributed by atoms with E-state index in [0.717, 1.165) is 49.3 Å². The second-order valence-electron chi connectivity index (χ2n) is 7.67. The van der Waals surface area contributed by atoms with Crippen molar-refractivity contribution < 1.29 is 23.8 Å². The predicted octanol–water partition coefficient (Wildman–Crippen LogP) is 2.84. The van der Waals surface area contributed by atoms with Crippen LogP contribution in [0.5, 0.6) is 11.5 Å². The lowest BCUT2D eigenvalue weighted by molar-refractivity contribution is -0.123. The molecule has 2 amide bonds. The topological polar surface area (TPSA) is 98.8 Å². The molecule has 2 atom stereocenters. The van der Waals surface area contributed by atoms with Gasteiger partial charge in [-0.15, -0.1) is 11.3 Å². The monoisotopic (exact) mass is 429 g/mol. The van der Waals surface area contributed by atoms with E-state index >= 15 is 0 Å². The van der Waals surface area contributed by atoms with Gasteiger partial charge in [0, 0.05) is 23.6 Å². The molecule has 0 unspecified atom stereocenters. The average Bonchev–Trinajstić information content (AvgIpc) is 3.51. The highest BCUT2D eigenvalue weighted by Crippen LogP contribution is 2.37. The Kier molecular flexibility index (Phi) is 5.30. The number of rotatable bonds is 5. The summed E-state index contributed by atoms with van der Waals surface area (Å²) in [6.45, 7) is 1.48. The number of nitrogens with one attached hydrogen (secondary N) is 2. The molecule has 2 aromatic rings. The molecule has 2 aliphatic heterocycles. The van der Waals surface area contributed by atoms with Crippen LogP contribution in [0.25, 0.3) is 0 Å². The third-order valence-electron chi connectivity index (χ3n) is 5.65. The Bertz CT molecular complexity index is 970. The second-order valence-corrected chi connectivity index (χ2v) is 8.76. The van der Waals surface area contributed by atoms with E-state index in [2.05, 4.69) is 15.6 Å². The zero-order valence-corrected chi connectivity index (χ0v) is 17.3. The molecule has 9 heteroatoms. The number of carbonyl (C=O) groups excluding carboxylic acids is 2. The molecule has 5 rings (SSSR count). The van der Waals surface area contributed by atoms with Gasteiger partial charge >= 0.3 is 0 Å². The van der Waals surface area contributed by atoms with Gasteiger partial charge in [-0.05, 0) is 50.3 Å². The quantitative estimate of drug-likeness (QED) is 0.758. The van der Waals surface area contributed by atoms with E-state index < -0.39 is 0 Å². The lowest BCUT2D eigenvalue weighted by Crippen LogP contribution is -2.36. The second kappa shape index (κ2) is 8.23. The van der Waals surface area contributed by atoms with Crippen molar-refractivity contribution in [3.05, 3.63) is 34.3 Å². The molecule has 158 valence electrons. The van der Waals surface area contributed by atoms with Crippen molar-refractivity contribution >= 4 is 28.3 Å². The molecule has 1 aromatic heterocycles. The minimum Gasteiger partial charge on any atom is -0.454 e. The van der Waals surface area contributed by atoms with E-state index in [-0.39, 0.29) is 30.6 Å². The fourth-order valence-corrected chi connectivity index (χ4v) is 5.14. The van der Waals surface area contributed by atoms with Crippen molar-refractivity contribution in [2.75, 3.05) is 25.3 Å². The SMILES string of the molecule is O=C(Nc1nc2c(s1)CCC[C@H]2C(=O)NC[C@@H]1CCCO1)c1ccc2c(c1)OCO2. The Morgan fingerprint density at radius 3 is 2.93 bits per heavy atom. The van der Waals surface area contributed by atoms with E-state index in [1.54, 1.807) is 18.2 Å². The number of fused-ring (bicyclic) bond motifs is 2. The molecule has 30 heavy (non-hydrogen) atoms. The van der Waals surface area contributed by atoms with Crippen molar-refractivity contribution in [1.29, 1.82) is 0 Å². The van der Waals surface area contributed by atoms with Gasteiger partial charge in [0.05, 0.1) is 17.7 Å². The van der Waals surface area contributed by atoms with Crippen LogP contribution in [-0.2, 0) is 16.0 Å². The highest BCUT2D eigenvalue weighted by Gasteiger charge is 2.31. The van der Waals surface area contributed by atoms with Crippen molar-refractivity contribution in [3.63, 3.8) is 0 Å². The van der Waals surface area contributed by atoms with Gasteiger partial charge in [0.2, 0.25) is 12.7 Å². The van der Waals surface area contributed by atoms with Gasteiger partial charge in [0.25, 0.3) is 5.91 Å². The van der Waals surface area contributed by atoms with Crippen molar-refractivity contribution in [3.8, 4) is 11.5 Å². The number of amides is 2. The molecule has 0 spiro atoms. The summed E-state index contributed by atoms with van der Waals surface area (Å²) < 4.78 is 16.2. The molecule has 0 radical (unpaired) electrons. The van der Waals surface area contributed by atoms with Crippen LogP contribution >= 0.6 is 11.3 Å². The zero-order valence-electron chi connectivity index (χ0n) is 16.4. The Morgan fingerprint density at radius 2 is 2.07 bits per heavy atom. The summed E-state index contributed by atoms with van der Waals surface area (Å²) in [5.74, 6) is 0.643. The van der Waals surface area contributed by atoms with Gasteiger partial charge in [-0.2, -0.15) is 0 Å². The fourth-order valence-electron chi connectivity index (χ4n) is 4.08. The van der Waals surface area contributed by atoms with Crippen LogP contribution in [0.15, 0.2) is 18.2 Å². The molecule has 3 aliphatic rings. The number of benzene rings is 1. The van der Waals surface area contributed by atoms with Gasteiger partial charge < -0.3 is 19.5 Å². The standard InChI is InChI=1S/C21H23N3O5S/c25-19(12-6-7-15-16(9-12)29-11-28-15)24-21-23-18-14(4-1-5-17(18)30-21)20(26)22-10-13-3-2-8-27-13/h6-7,9,13-14H,1-5,8,10-11H2,(H,22,26)(H,23,24,25)/t13-,14+/m0/s1. The largest absolute Gasteiger partial charge is 0.454 e. The summed E-state index contributed by atoms with van der Waals surface area (Å²) in [7, 11) is 0. The maximum atomic E-state index is 12.8. The molecule has 1 aromatic carbocycles. The molecule has 1 saturated heterocycles. The van der Waals surface area contributed by atoms with Crippen molar-refractivity contribution in [2.24, 2.45) is 0 Å². The third-order valence-corrected chi connectivity index (χ3v) is 6.70. The molecular weight excluding hydrogens is 406 g/mol.